The van der Waals surface area contributed by atoms with Gasteiger partial charge in [0.2, 0.25) is 0 Å². The van der Waals surface area contributed by atoms with Gasteiger partial charge < -0.3 is 5.32 Å². The number of rotatable bonds is 4. The lowest BCUT2D eigenvalue weighted by atomic mass is 10.00. The second kappa shape index (κ2) is 4.56. The molecule has 1 N–H and O–H groups in total. The van der Waals surface area contributed by atoms with E-state index in [0.29, 0.717) is 0 Å². The van der Waals surface area contributed by atoms with Crippen LogP contribution in [0.5, 0.6) is 0 Å². The number of benzene rings is 1. The molecule has 0 atom stereocenters. The SMILES string of the molecule is c1ccc2c(c1)CCN(CCNC1CC1)C2. The molecule has 1 fully saturated rings. The van der Waals surface area contributed by atoms with E-state index in [2.05, 4.69) is 34.5 Å². The van der Waals surface area contributed by atoms with Crippen LogP contribution in [0.25, 0.3) is 0 Å². The maximum atomic E-state index is 3.59. The Morgan fingerprint density at radius 1 is 1.19 bits per heavy atom. The Balaban J connectivity index is 1.51. The minimum absolute atomic E-state index is 0.845. The van der Waals surface area contributed by atoms with Gasteiger partial charge in [-0.1, -0.05) is 24.3 Å². The summed E-state index contributed by atoms with van der Waals surface area (Å²) < 4.78 is 0. The largest absolute Gasteiger partial charge is 0.313 e. The number of nitrogens with one attached hydrogen (secondary N) is 1. The van der Waals surface area contributed by atoms with E-state index in [-0.39, 0.29) is 0 Å². The summed E-state index contributed by atoms with van der Waals surface area (Å²) in [5.41, 5.74) is 3.08. The maximum absolute atomic E-state index is 3.59. The molecule has 16 heavy (non-hydrogen) atoms. The summed E-state index contributed by atoms with van der Waals surface area (Å²) in [6.45, 7) is 4.73. The van der Waals surface area contributed by atoms with Gasteiger partial charge in [0, 0.05) is 32.2 Å². The second-order valence-electron chi connectivity index (χ2n) is 5.02. The minimum atomic E-state index is 0.845. The number of fused-ring (bicyclic) bond motifs is 1. The Labute approximate surface area is 97.6 Å². The first kappa shape index (κ1) is 10.3. The third-order valence-corrected chi connectivity index (χ3v) is 3.65. The molecule has 1 aromatic rings. The van der Waals surface area contributed by atoms with E-state index < -0.39 is 0 Å². The number of hydrogen-bond acceptors (Lipinski definition) is 2. The van der Waals surface area contributed by atoms with Crippen LogP contribution in [-0.2, 0) is 13.0 Å². The molecule has 0 bridgehead atoms. The van der Waals surface area contributed by atoms with Crippen molar-refractivity contribution in [1.29, 1.82) is 0 Å². The van der Waals surface area contributed by atoms with Crippen LogP contribution in [0.4, 0.5) is 0 Å². The lowest BCUT2D eigenvalue weighted by Gasteiger charge is -2.28. The number of nitrogens with zero attached hydrogens (tertiary/aromatic N) is 1. The highest BCUT2D eigenvalue weighted by atomic mass is 15.1. The van der Waals surface area contributed by atoms with Crippen molar-refractivity contribution in [3.05, 3.63) is 35.4 Å². The molecule has 0 unspecified atom stereocenters. The average molecular weight is 216 g/mol. The highest BCUT2D eigenvalue weighted by molar-refractivity contribution is 5.28. The summed E-state index contributed by atoms with van der Waals surface area (Å²) in [6.07, 6.45) is 4.01. The van der Waals surface area contributed by atoms with E-state index >= 15 is 0 Å². The van der Waals surface area contributed by atoms with Gasteiger partial charge >= 0.3 is 0 Å². The molecule has 0 radical (unpaired) electrons. The highest BCUT2D eigenvalue weighted by Gasteiger charge is 2.21. The van der Waals surface area contributed by atoms with Crippen LogP contribution in [0.2, 0.25) is 0 Å². The quantitative estimate of drug-likeness (QED) is 0.825. The second-order valence-corrected chi connectivity index (χ2v) is 5.02. The molecule has 2 aliphatic rings. The molecule has 1 heterocycles. The zero-order valence-corrected chi connectivity index (χ0v) is 9.78. The molecule has 0 spiro atoms. The summed E-state index contributed by atoms with van der Waals surface area (Å²) in [4.78, 5) is 2.57. The molecule has 1 aliphatic heterocycles. The summed E-state index contributed by atoms with van der Waals surface area (Å²) in [7, 11) is 0. The van der Waals surface area contributed by atoms with Gasteiger partial charge in [-0.15, -0.1) is 0 Å². The van der Waals surface area contributed by atoms with Crippen molar-refractivity contribution in [2.75, 3.05) is 19.6 Å². The van der Waals surface area contributed by atoms with Crippen molar-refractivity contribution in [2.45, 2.75) is 31.8 Å². The normalized spacial score (nSPS) is 20.8. The van der Waals surface area contributed by atoms with Crippen LogP contribution in [0.3, 0.4) is 0 Å². The third-order valence-electron chi connectivity index (χ3n) is 3.65. The molecule has 3 rings (SSSR count). The molecule has 1 aromatic carbocycles. The predicted octanol–water partition coefficient (Wildman–Crippen LogP) is 1.80. The molecule has 86 valence electrons. The van der Waals surface area contributed by atoms with Crippen molar-refractivity contribution >= 4 is 0 Å². The molecule has 1 aliphatic carbocycles. The van der Waals surface area contributed by atoms with Crippen molar-refractivity contribution < 1.29 is 0 Å². The Bertz CT molecular complexity index is 358. The monoisotopic (exact) mass is 216 g/mol. The van der Waals surface area contributed by atoms with E-state index in [0.717, 1.165) is 19.1 Å². The van der Waals surface area contributed by atoms with Gasteiger partial charge in [-0.3, -0.25) is 4.90 Å². The first-order valence-corrected chi connectivity index (χ1v) is 6.44. The van der Waals surface area contributed by atoms with Crippen LogP contribution >= 0.6 is 0 Å². The van der Waals surface area contributed by atoms with Crippen LogP contribution in [-0.4, -0.2) is 30.6 Å². The molecule has 2 heteroatoms. The first-order chi connectivity index (χ1) is 7.92. The lowest BCUT2D eigenvalue weighted by Crippen LogP contribution is -2.36. The molecular formula is C14H20N2. The van der Waals surface area contributed by atoms with E-state index in [4.69, 9.17) is 0 Å². The van der Waals surface area contributed by atoms with Crippen molar-refractivity contribution in [3.63, 3.8) is 0 Å². The molecule has 0 amide bonds. The fourth-order valence-corrected chi connectivity index (χ4v) is 2.46. The summed E-state index contributed by atoms with van der Waals surface area (Å²) in [5.74, 6) is 0. The topological polar surface area (TPSA) is 15.3 Å². The molecule has 0 saturated heterocycles. The Kier molecular flexibility index (Phi) is 2.94. The van der Waals surface area contributed by atoms with E-state index in [1.54, 1.807) is 5.56 Å². The van der Waals surface area contributed by atoms with Gasteiger partial charge in [-0.25, -0.2) is 0 Å². The highest BCUT2D eigenvalue weighted by Crippen LogP contribution is 2.19. The zero-order valence-electron chi connectivity index (χ0n) is 9.78. The van der Waals surface area contributed by atoms with Gasteiger partial charge in [0.1, 0.15) is 0 Å². The Hall–Kier alpha value is -0.860. The summed E-state index contributed by atoms with van der Waals surface area (Å²) >= 11 is 0. The molecule has 2 nitrogen and oxygen atoms in total. The van der Waals surface area contributed by atoms with E-state index in [9.17, 15) is 0 Å². The average Bonchev–Trinajstić information content (AvgIpc) is 3.13. The maximum Gasteiger partial charge on any atom is 0.0237 e. The lowest BCUT2D eigenvalue weighted by molar-refractivity contribution is 0.253. The van der Waals surface area contributed by atoms with Crippen molar-refractivity contribution in [3.8, 4) is 0 Å². The number of hydrogen-bond donors (Lipinski definition) is 1. The minimum Gasteiger partial charge on any atom is -0.313 e. The van der Waals surface area contributed by atoms with Crippen LogP contribution < -0.4 is 5.32 Å². The van der Waals surface area contributed by atoms with Gasteiger partial charge in [-0.05, 0) is 30.4 Å². The van der Waals surface area contributed by atoms with Crippen LogP contribution in [0.15, 0.2) is 24.3 Å². The van der Waals surface area contributed by atoms with Crippen LogP contribution in [0, 0.1) is 0 Å². The van der Waals surface area contributed by atoms with Crippen molar-refractivity contribution in [1.82, 2.24) is 10.2 Å². The smallest absolute Gasteiger partial charge is 0.0237 e. The predicted molar refractivity (Wildman–Crippen MR) is 66.4 cm³/mol. The summed E-state index contributed by atoms with van der Waals surface area (Å²) in [6, 6.07) is 9.70. The van der Waals surface area contributed by atoms with E-state index in [1.165, 1.54) is 37.9 Å². The van der Waals surface area contributed by atoms with Crippen LogP contribution in [0.1, 0.15) is 24.0 Å². The van der Waals surface area contributed by atoms with Gasteiger partial charge in [0.15, 0.2) is 0 Å². The fourth-order valence-electron chi connectivity index (χ4n) is 2.46. The van der Waals surface area contributed by atoms with Gasteiger partial charge in [0.25, 0.3) is 0 Å². The zero-order chi connectivity index (χ0) is 10.8. The fraction of sp³-hybridized carbons (Fsp3) is 0.571. The Morgan fingerprint density at radius 3 is 2.81 bits per heavy atom. The summed E-state index contributed by atoms with van der Waals surface area (Å²) in [5, 5.41) is 3.59. The standard InChI is InChI=1S/C14H20N2/c1-2-4-13-11-16(9-7-12(13)3-1)10-8-15-14-5-6-14/h1-4,14-15H,5-11H2. The molecule has 1 saturated carbocycles. The first-order valence-electron chi connectivity index (χ1n) is 6.44. The molecular weight excluding hydrogens is 196 g/mol. The Morgan fingerprint density at radius 2 is 2.00 bits per heavy atom. The molecule has 0 aromatic heterocycles. The van der Waals surface area contributed by atoms with Crippen molar-refractivity contribution in [2.24, 2.45) is 0 Å². The van der Waals surface area contributed by atoms with E-state index in [1.807, 2.05) is 0 Å². The third kappa shape index (κ3) is 2.45. The van der Waals surface area contributed by atoms with Gasteiger partial charge in [0.05, 0.1) is 0 Å². The van der Waals surface area contributed by atoms with Gasteiger partial charge in [-0.2, -0.15) is 0 Å².